The van der Waals surface area contributed by atoms with Crippen molar-refractivity contribution in [2.75, 3.05) is 38.2 Å². The number of benzene rings is 2. The topological polar surface area (TPSA) is 58.0 Å². The second kappa shape index (κ2) is 9.54. The van der Waals surface area contributed by atoms with Crippen LogP contribution in [0.25, 0.3) is 16.7 Å². The van der Waals surface area contributed by atoms with Gasteiger partial charge >= 0.3 is 0 Å². The number of aryl methyl sites for hydroxylation is 1. The maximum atomic E-state index is 9.97. The molecule has 1 N–H and O–H groups in total. The fourth-order valence-electron chi connectivity index (χ4n) is 5.07. The maximum Gasteiger partial charge on any atom is 0.157 e. The third-order valence-electron chi connectivity index (χ3n) is 6.75. The van der Waals surface area contributed by atoms with Crippen molar-refractivity contribution in [2.24, 2.45) is 0 Å². The number of hydrogen-bond donors (Lipinski definition) is 1. The number of nitriles is 1. The van der Waals surface area contributed by atoms with Gasteiger partial charge in [-0.3, -0.25) is 4.40 Å². The van der Waals surface area contributed by atoms with Gasteiger partial charge in [0, 0.05) is 10.6 Å². The minimum absolute atomic E-state index is 0.694. The van der Waals surface area contributed by atoms with Crippen molar-refractivity contribution in [3.05, 3.63) is 70.2 Å². The summed E-state index contributed by atoms with van der Waals surface area (Å²) in [5.74, 6) is 2.02. The lowest BCUT2D eigenvalue weighted by Gasteiger charge is -2.34. The highest BCUT2D eigenvalue weighted by Gasteiger charge is 2.25. The first-order valence-corrected chi connectivity index (χ1v) is 12.2. The predicted octanol–water partition coefficient (Wildman–Crippen LogP) is 3.88. The molecule has 6 nitrogen and oxygen atoms in total. The molecule has 0 bridgehead atoms. The fourth-order valence-corrected chi connectivity index (χ4v) is 5.26. The van der Waals surface area contributed by atoms with Crippen LogP contribution in [-0.2, 0) is 13.0 Å². The molecular weight excluding hydrogens is 446 g/mol. The number of imidazole rings is 1. The number of rotatable bonds is 6. The van der Waals surface area contributed by atoms with Crippen LogP contribution < -0.4 is 14.5 Å². The van der Waals surface area contributed by atoms with Crippen LogP contribution in [0.5, 0.6) is 5.75 Å². The van der Waals surface area contributed by atoms with E-state index in [0.717, 1.165) is 90.0 Å². The molecule has 3 heterocycles. The molecule has 0 amide bonds. The van der Waals surface area contributed by atoms with E-state index in [0.29, 0.717) is 5.56 Å². The first-order chi connectivity index (χ1) is 16.6. The van der Waals surface area contributed by atoms with Gasteiger partial charge in [0.1, 0.15) is 24.2 Å². The molecule has 0 spiro atoms. The molecule has 0 unspecified atom stereocenters. The zero-order valence-corrected chi connectivity index (χ0v) is 20.4. The summed E-state index contributed by atoms with van der Waals surface area (Å²) < 4.78 is 7.73. The van der Waals surface area contributed by atoms with Crippen LogP contribution in [0.3, 0.4) is 0 Å². The highest BCUT2D eigenvalue weighted by molar-refractivity contribution is 6.30. The second-order valence-electron chi connectivity index (χ2n) is 8.89. The molecule has 0 atom stereocenters. The summed E-state index contributed by atoms with van der Waals surface area (Å²) >= 11 is 6.25. The first kappa shape index (κ1) is 22.5. The number of halogens is 1. The number of ether oxygens (including phenoxy) is 1. The predicted molar refractivity (Wildman–Crippen MR) is 136 cm³/mol. The van der Waals surface area contributed by atoms with E-state index in [4.69, 9.17) is 21.3 Å². The summed E-state index contributed by atoms with van der Waals surface area (Å²) in [5, 5.41) is 10.7. The highest BCUT2D eigenvalue weighted by atomic mass is 35.5. The lowest BCUT2D eigenvalue weighted by molar-refractivity contribution is -0.914. The van der Waals surface area contributed by atoms with Gasteiger partial charge in [0.15, 0.2) is 5.65 Å². The first-order valence-electron chi connectivity index (χ1n) is 11.9. The summed E-state index contributed by atoms with van der Waals surface area (Å²) in [6, 6.07) is 18.6. The smallest absolute Gasteiger partial charge is 0.157 e. The van der Waals surface area contributed by atoms with Gasteiger partial charge in [0.2, 0.25) is 0 Å². The van der Waals surface area contributed by atoms with E-state index in [-0.39, 0.29) is 0 Å². The Morgan fingerprint density at radius 3 is 2.65 bits per heavy atom. The number of fused-ring (bicyclic) bond motifs is 3. The Kier molecular flexibility index (Phi) is 6.32. The number of anilines is 1. The van der Waals surface area contributed by atoms with E-state index in [2.05, 4.69) is 34.4 Å². The van der Waals surface area contributed by atoms with Crippen LogP contribution in [0.4, 0.5) is 5.82 Å². The van der Waals surface area contributed by atoms with E-state index in [1.807, 2.05) is 36.4 Å². The van der Waals surface area contributed by atoms with Crippen molar-refractivity contribution in [2.45, 2.75) is 26.3 Å². The van der Waals surface area contributed by atoms with Crippen LogP contribution in [-0.4, -0.2) is 42.7 Å². The fraction of sp³-hybridized carbons (Fsp3) is 0.333. The van der Waals surface area contributed by atoms with Gasteiger partial charge in [0.05, 0.1) is 49.9 Å². The number of piperazine rings is 1. The molecule has 0 saturated carbocycles. The molecule has 174 valence electrons. The molecule has 0 aliphatic carbocycles. The van der Waals surface area contributed by atoms with Gasteiger partial charge in [-0.05, 0) is 48.4 Å². The Hall–Kier alpha value is -3.27. The number of quaternary nitrogens is 1. The third-order valence-corrected chi connectivity index (χ3v) is 6.98. The third kappa shape index (κ3) is 4.06. The number of hydrogen-bond acceptors (Lipinski definition) is 4. The molecule has 5 rings (SSSR count). The number of nitrogens with zero attached hydrogens (tertiary/aromatic N) is 4. The van der Waals surface area contributed by atoms with E-state index >= 15 is 0 Å². The zero-order valence-electron chi connectivity index (χ0n) is 19.6. The van der Waals surface area contributed by atoms with Crippen LogP contribution in [0.2, 0.25) is 5.02 Å². The molecule has 1 aliphatic rings. The molecule has 2 aromatic carbocycles. The average Bonchev–Trinajstić information content (AvgIpc) is 3.24. The van der Waals surface area contributed by atoms with Gasteiger partial charge in [-0.15, -0.1) is 0 Å². The van der Waals surface area contributed by atoms with Gasteiger partial charge in [-0.2, -0.15) is 5.26 Å². The molecule has 1 aliphatic heterocycles. The summed E-state index contributed by atoms with van der Waals surface area (Å²) in [4.78, 5) is 8.81. The van der Waals surface area contributed by atoms with Crippen LogP contribution in [0.15, 0.2) is 48.5 Å². The van der Waals surface area contributed by atoms with Gasteiger partial charge in [0.25, 0.3) is 0 Å². The SMILES string of the molecule is CCCc1cc(N2CC[NH+](Cc3cc(Cl)ccc3OC)CC2)n2c(nc3ccccc32)c1C#N. The number of methoxy groups -OCH3 is 1. The van der Waals surface area contributed by atoms with Gasteiger partial charge < -0.3 is 14.5 Å². The molecule has 1 fully saturated rings. The Bertz CT molecular complexity index is 1380. The largest absolute Gasteiger partial charge is 0.496 e. The maximum absolute atomic E-state index is 9.97. The minimum Gasteiger partial charge on any atom is -0.496 e. The quantitative estimate of drug-likeness (QED) is 0.461. The van der Waals surface area contributed by atoms with Crippen LogP contribution in [0, 0.1) is 11.3 Å². The normalized spacial score (nSPS) is 14.6. The van der Waals surface area contributed by atoms with Crippen molar-refractivity contribution in [1.29, 1.82) is 5.26 Å². The number of pyridine rings is 1. The van der Waals surface area contributed by atoms with Crippen LogP contribution >= 0.6 is 11.6 Å². The Balaban J connectivity index is 1.47. The Labute approximate surface area is 204 Å². The Morgan fingerprint density at radius 1 is 1.12 bits per heavy atom. The summed E-state index contributed by atoms with van der Waals surface area (Å²) in [6.07, 6.45) is 1.86. The number of nitrogens with one attached hydrogen (secondary N) is 1. The molecule has 7 heteroatoms. The van der Waals surface area contributed by atoms with Crippen molar-refractivity contribution in [3.63, 3.8) is 0 Å². The van der Waals surface area contributed by atoms with E-state index in [9.17, 15) is 5.26 Å². The molecule has 0 radical (unpaired) electrons. The van der Waals surface area contributed by atoms with Crippen LogP contribution in [0.1, 0.15) is 30.0 Å². The lowest BCUT2D eigenvalue weighted by Crippen LogP contribution is -3.13. The molecule has 2 aromatic heterocycles. The number of aromatic nitrogens is 2. The van der Waals surface area contributed by atoms with Crippen molar-refractivity contribution in [1.82, 2.24) is 9.38 Å². The minimum atomic E-state index is 0.694. The highest BCUT2D eigenvalue weighted by Crippen LogP contribution is 2.30. The van der Waals surface area contributed by atoms with Crippen molar-refractivity contribution < 1.29 is 9.64 Å². The van der Waals surface area contributed by atoms with E-state index in [1.54, 1.807) is 7.11 Å². The van der Waals surface area contributed by atoms with Crippen molar-refractivity contribution in [3.8, 4) is 11.8 Å². The molecular formula is C27H29ClN5O+. The van der Waals surface area contributed by atoms with Gasteiger partial charge in [-0.25, -0.2) is 4.98 Å². The number of para-hydroxylation sites is 2. The molecule has 1 saturated heterocycles. The average molecular weight is 475 g/mol. The summed E-state index contributed by atoms with van der Waals surface area (Å²) in [6.45, 7) is 6.91. The molecule has 4 aromatic rings. The van der Waals surface area contributed by atoms with Crippen molar-refractivity contribution >= 4 is 34.1 Å². The standard InChI is InChI=1S/C27H28ClN5O/c1-3-6-19-16-26(33-24-8-5-4-7-23(24)30-27(33)22(19)17-29)32-13-11-31(12-14-32)18-20-15-21(28)9-10-25(20)34-2/h4-5,7-10,15-16H,3,6,11-14,18H2,1-2H3/p+1. The lowest BCUT2D eigenvalue weighted by atomic mass is 10.0. The zero-order chi connectivity index (χ0) is 23.7. The molecule has 34 heavy (non-hydrogen) atoms. The van der Waals surface area contributed by atoms with Gasteiger partial charge in [-0.1, -0.05) is 37.1 Å². The van der Waals surface area contributed by atoms with E-state index < -0.39 is 0 Å². The summed E-state index contributed by atoms with van der Waals surface area (Å²) in [5.41, 5.74) is 5.66. The monoisotopic (exact) mass is 474 g/mol. The summed E-state index contributed by atoms with van der Waals surface area (Å²) in [7, 11) is 1.71. The van der Waals surface area contributed by atoms with E-state index in [1.165, 1.54) is 4.90 Å². The second-order valence-corrected chi connectivity index (χ2v) is 9.33. The Morgan fingerprint density at radius 2 is 1.91 bits per heavy atom.